The van der Waals surface area contributed by atoms with Gasteiger partial charge in [0, 0.05) is 14.2 Å². The number of rotatable bonds is 5. The van der Waals surface area contributed by atoms with Crippen molar-refractivity contribution in [1.29, 1.82) is 0 Å². The van der Waals surface area contributed by atoms with E-state index in [4.69, 9.17) is 9.47 Å². The molecule has 1 fully saturated rings. The predicted octanol–water partition coefficient (Wildman–Crippen LogP) is 1.84. The van der Waals surface area contributed by atoms with Crippen molar-refractivity contribution < 1.29 is 9.47 Å². The first-order valence-electron chi connectivity index (χ1n) is 4.22. The van der Waals surface area contributed by atoms with E-state index >= 15 is 0 Å². The van der Waals surface area contributed by atoms with E-state index in [2.05, 4.69) is 6.92 Å². The van der Waals surface area contributed by atoms with Gasteiger partial charge in [-0.3, -0.25) is 0 Å². The molecule has 0 aromatic carbocycles. The molecule has 1 aliphatic carbocycles. The lowest BCUT2D eigenvalue weighted by Gasteiger charge is -2.17. The van der Waals surface area contributed by atoms with Crippen molar-refractivity contribution in [2.45, 2.75) is 32.3 Å². The third kappa shape index (κ3) is 2.80. The molecule has 1 saturated carbocycles. The summed E-state index contributed by atoms with van der Waals surface area (Å²) in [5.41, 5.74) is 0.569. The van der Waals surface area contributed by atoms with E-state index in [9.17, 15) is 0 Å². The molecular weight excluding hydrogens is 140 g/mol. The molecular formula is C9H18O2. The molecule has 0 radical (unpaired) electrons. The normalized spacial score (nSPS) is 23.2. The van der Waals surface area contributed by atoms with E-state index in [-0.39, 0.29) is 0 Å². The quantitative estimate of drug-likeness (QED) is 0.607. The van der Waals surface area contributed by atoms with Crippen LogP contribution in [0, 0.1) is 5.41 Å². The Morgan fingerprint density at radius 2 is 2.00 bits per heavy atom. The van der Waals surface area contributed by atoms with Gasteiger partial charge in [-0.25, -0.2) is 0 Å². The van der Waals surface area contributed by atoms with Crippen molar-refractivity contribution in [3.63, 3.8) is 0 Å². The number of hydrogen-bond donors (Lipinski definition) is 0. The Morgan fingerprint density at radius 1 is 1.36 bits per heavy atom. The molecule has 0 aliphatic heterocycles. The molecule has 0 amide bonds. The average molecular weight is 158 g/mol. The summed E-state index contributed by atoms with van der Waals surface area (Å²) in [6.45, 7) is 3.04. The largest absolute Gasteiger partial charge is 0.382 e. The molecule has 1 atom stereocenters. The second kappa shape index (κ2) is 3.55. The van der Waals surface area contributed by atoms with E-state index < -0.39 is 0 Å². The molecule has 0 bridgehead atoms. The molecule has 0 aromatic heterocycles. The highest BCUT2D eigenvalue weighted by molar-refractivity contribution is 4.90. The maximum Gasteiger partial charge on any atom is 0.0809 e. The highest BCUT2D eigenvalue weighted by Crippen LogP contribution is 2.49. The van der Waals surface area contributed by atoms with Crippen LogP contribution in [-0.4, -0.2) is 26.9 Å². The Morgan fingerprint density at radius 3 is 2.36 bits per heavy atom. The molecule has 2 heteroatoms. The summed E-state index contributed by atoms with van der Waals surface area (Å²) in [4.78, 5) is 0. The summed E-state index contributed by atoms with van der Waals surface area (Å²) in [7, 11) is 3.48. The monoisotopic (exact) mass is 158 g/mol. The van der Waals surface area contributed by atoms with Crippen LogP contribution in [0.2, 0.25) is 0 Å². The van der Waals surface area contributed by atoms with Gasteiger partial charge >= 0.3 is 0 Å². The van der Waals surface area contributed by atoms with Crippen LogP contribution in [0.4, 0.5) is 0 Å². The summed E-state index contributed by atoms with van der Waals surface area (Å²) in [6.07, 6.45) is 4.16. The summed E-state index contributed by atoms with van der Waals surface area (Å²) < 4.78 is 10.3. The number of hydrogen-bond acceptors (Lipinski definition) is 2. The van der Waals surface area contributed by atoms with Crippen LogP contribution in [0.25, 0.3) is 0 Å². The average Bonchev–Trinajstić information content (AvgIpc) is 2.68. The van der Waals surface area contributed by atoms with E-state index in [0.717, 1.165) is 13.0 Å². The van der Waals surface area contributed by atoms with Gasteiger partial charge in [0.05, 0.1) is 12.7 Å². The fourth-order valence-electron chi connectivity index (χ4n) is 1.36. The van der Waals surface area contributed by atoms with E-state index in [0.29, 0.717) is 11.5 Å². The zero-order valence-corrected chi connectivity index (χ0v) is 7.72. The molecule has 0 N–H and O–H groups in total. The van der Waals surface area contributed by atoms with Gasteiger partial charge in [0.2, 0.25) is 0 Å². The molecule has 2 nitrogen and oxygen atoms in total. The van der Waals surface area contributed by atoms with E-state index in [1.54, 1.807) is 14.2 Å². The molecule has 1 aliphatic rings. The minimum absolute atomic E-state index is 0.299. The maximum atomic E-state index is 5.28. The summed E-state index contributed by atoms with van der Waals surface area (Å²) in [5.74, 6) is 0. The van der Waals surface area contributed by atoms with Gasteiger partial charge in [0.15, 0.2) is 0 Å². The zero-order chi connectivity index (χ0) is 8.32. The van der Waals surface area contributed by atoms with Crippen LogP contribution in [0.3, 0.4) is 0 Å². The summed E-state index contributed by atoms with van der Waals surface area (Å²) in [6, 6.07) is 0. The fourth-order valence-corrected chi connectivity index (χ4v) is 1.36. The van der Waals surface area contributed by atoms with Crippen LogP contribution in [0.1, 0.15) is 26.2 Å². The Bertz CT molecular complexity index is 119. The fraction of sp³-hybridized carbons (Fsp3) is 1.00. The third-order valence-electron chi connectivity index (χ3n) is 2.51. The van der Waals surface area contributed by atoms with Gasteiger partial charge in [-0.1, -0.05) is 6.92 Å². The van der Waals surface area contributed by atoms with Crippen molar-refractivity contribution >= 4 is 0 Å². The Hall–Kier alpha value is -0.0800. The smallest absolute Gasteiger partial charge is 0.0809 e. The van der Waals surface area contributed by atoms with Crippen molar-refractivity contribution in [2.75, 3.05) is 20.8 Å². The third-order valence-corrected chi connectivity index (χ3v) is 2.51. The lowest BCUT2D eigenvalue weighted by atomic mass is 10.0. The second-order valence-electron chi connectivity index (χ2n) is 3.83. The van der Waals surface area contributed by atoms with Crippen LogP contribution < -0.4 is 0 Å². The van der Waals surface area contributed by atoms with Crippen molar-refractivity contribution in [3.8, 4) is 0 Å². The van der Waals surface area contributed by atoms with Gasteiger partial charge in [-0.05, 0) is 24.7 Å². The van der Waals surface area contributed by atoms with Crippen molar-refractivity contribution in [2.24, 2.45) is 5.41 Å². The van der Waals surface area contributed by atoms with Gasteiger partial charge in [0.1, 0.15) is 0 Å². The first-order chi connectivity index (χ1) is 5.20. The number of methoxy groups -OCH3 is 2. The van der Waals surface area contributed by atoms with Crippen molar-refractivity contribution in [1.82, 2.24) is 0 Å². The highest BCUT2D eigenvalue weighted by Gasteiger charge is 2.39. The molecule has 66 valence electrons. The zero-order valence-electron chi connectivity index (χ0n) is 7.72. The van der Waals surface area contributed by atoms with Gasteiger partial charge < -0.3 is 9.47 Å². The highest BCUT2D eigenvalue weighted by atomic mass is 16.5. The van der Waals surface area contributed by atoms with Crippen LogP contribution in [-0.2, 0) is 9.47 Å². The van der Waals surface area contributed by atoms with Crippen molar-refractivity contribution in [3.05, 3.63) is 0 Å². The minimum Gasteiger partial charge on any atom is -0.382 e. The van der Waals surface area contributed by atoms with Gasteiger partial charge in [-0.15, -0.1) is 0 Å². The number of ether oxygens (including phenoxy) is 2. The Balaban J connectivity index is 2.20. The SMILES string of the molecule is COC[C@H](CC1(C)CC1)OC. The van der Waals surface area contributed by atoms with Crippen LogP contribution >= 0.6 is 0 Å². The van der Waals surface area contributed by atoms with E-state index in [1.807, 2.05) is 0 Å². The lowest BCUT2D eigenvalue weighted by molar-refractivity contribution is 0.0126. The van der Waals surface area contributed by atoms with Crippen LogP contribution in [0.5, 0.6) is 0 Å². The first-order valence-corrected chi connectivity index (χ1v) is 4.22. The van der Waals surface area contributed by atoms with Gasteiger partial charge in [-0.2, -0.15) is 0 Å². The predicted molar refractivity (Wildman–Crippen MR) is 44.6 cm³/mol. The van der Waals surface area contributed by atoms with Gasteiger partial charge in [0.25, 0.3) is 0 Å². The van der Waals surface area contributed by atoms with E-state index in [1.165, 1.54) is 12.8 Å². The maximum absolute atomic E-state index is 5.28. The first kappa shape index (κ1) is 9.01. The molecule has 0 saturated heterocycles. The Kier molecular flexibility index (Phi) is 2.90. The lowest BCUT2D eigenvalue weighted by Crippen LogP contribution is -2.20. The topological polar surface area (TPSA) is 18.5 Å². The second-order valence-corrected chi connectivity index (χ2v) is 3.83. The summed E-state index contributed by atoms with van der Waals surface area (Å²) >= 11 is 0. The van der Waals surface area contributed by atoms with Crippen LogP contribution in [0.15, 0.2) is 0 Å². The summed E-state index contributed by atoms with van der Waals surface area (Å²) in [5, 5.41) is 0. The standard InChI is InChI=1S/C9H18O2/c1-9(4-5-9)6-8(11-3)7-10-2/h8H,4-7H2,1-3H3/t8-/m0/s1. The minimum atomic E-state index is 0.299. The molecule has 1 rings (SSSR count). The molecule has 11 heavy (non-hydrogen) atoms. The molecule has 0 heterocycles. The molecule has 0 aromatic rings. The molecule has 0 spiro atoms. The Labute approximate surface area is 68.9 Å². The molecule has 0 unspecified atom stereocenters.